The summed E-state index contributed by atoms with van der Waals surface area (Å²) in [6, 6.07) is 5.97. The normalized spacial score (nSPS) is 22.4. The van der Waals surface area contributed by atoms with Crippen LogP contribution in [0.1, 0.15) is 0 Å². The molecule has 0 saturated carbocycles. The van der Waals surface area contributed by atoms with Crippen LogP contribution in [-0.4, -0.2) is 57.1 Å². The van der Waals surface area contributed by atoms with Crippen molar-refractivity contribution in [3.05, 3.63) is 24.3 Å². The summed E-state index contributed by atoms with van der Waals surface area (Å²) in [5.74, 6) is -1.65. The van der Waals surface area contributed by atoms with Crippen LogP contribution in [-0.2, 0) is 19.6 Å². The van der Waals surface area contributed by atoms with Crippen molar-refractivity contribution in [1.29, 1.82) is 0 Å². The second kappa shape index (κ2) is 6.00. The molecular formula is C13H18N2O5S. The Labute approximate surface area is 123 Å². The third kappa shape index (κ3) is 3.17. The van der Waals surface area contributed by atoms with Gasteiger partial charge in [-0.1, -0.05) is 12.1 Å². The average Bonchev–Trinajstić information content (AvgIpc) is 2.87. The third-order valence-corrected chi connectivity index (χ3v) is 5.26. The van der Waals surface area contributed by atoms with E-state index in [9.17, 15) is 13.2 Å². The minimum atomic E-state index is -3.60. The van der Waals surface area contributed by atoms with Crippen LogP contribution in [0.2, 0.25) is 0 Å². The van der Waals surface area contributed by atoms with Gasteiger partial charge in [0.1, 0.15) is 10.8 Å². The number of ether oxygens (including phenoxy) is 1. The van der Waals surface area contributed by atoms with E-state index in [0.717, 1.165) is 4.31 Å². The molecule has 1 fully saturated rings. The van der Waals surface area contributed by atoms with Crippen molar-refractivity contribution in [2.75, 3.05) is 32.6 Å². The fourth-order valence-electron chi connectivity index (χ4n) is 2.15. The molecule has 1 aliphatic rings. The van der Waals surface area contributed by atoms with Crippen molar-refractivity contribution in [3.8, 4) is 0 Å². The van der Waals surface area contributed by atoms with Crippen LogP contribution in [0.15, 0.2) is 29.2 Å². The SMILES string of the molecule is CN(C)S(=O)(=O)c1ccccc1NC1COCC1C(=O)O. The largest absolute Gasteiger partial charge is 0.481 e. The number of para-hydroxylation sites is 1. The summed E-state index contributed by atoms with van der Waals surface area (Å²) >= 11 is 0. The lowest BCUT2D eigenvalue weighted by molar-refractivity contribution is -0.141. The molecule has 7 nitrogen and oxygen atoms in total. The van der Waals surface area contributed by atoms with E-state index < -0.39 is 28.0 Å². The summed E-state index contributed by atoms with van der Waals surface area (Å²) in [6.07, 6.45) is 0. The number of nitrogens with one attached hydrogen (secondary N) is 1. The predicted octanol–water partition coefficient (Wildman–Crippen LogP) is 0.448. The fraction of sp³-hybridized carbons (Fsp3) is 0.462. The first-order valence-electron chi connectivity index (χ1n) is 6.42. The van der Waals surface area contributed by atoms with Gasteiger partial charge in [-0.2, -0.15) is 0 Å². The van der Waals surface area contributed by atoms with Gasteiger partial charge in [0.2, 0.25) is 10.0 Å². The van der Waals surface area contributed by atoms with Gasteiger partial charge >= 0.3 is 5.97 Å². The first kappa shape index (κ1) is 15.7. The number of rotatable bonds is 5. The molecule has 0 amide bonds. The second-order valence-electron chi connectivity index (χ2n) is 5.02. The van der Waals surface area contributed by atoms with Gasteiger partial charge in [-0.25, -0.2) is 12.7 Å². The van der Waals surface area contributed by atoms with Gasteiger partial charge in [-0.05, 0) is 12.1 Å². The molecule has 116 valence electrons. The summed E-state index contributed by atoms with van der Waals surface area (Å²) in [5.41, 5.74) is 0.382. The molecule has 1 aliphatic heterocycles. The highest BCUT2D eigenvalue weighted by atomic mass is 32.2. The van der Waals surface area contributed by atoms with E-state index in [1.54, 1.807) is 18.2 Å². The summed E-state index contributed by atoms with van der Waals surface area (Å²) in [5, 5.41) is 12.1. The molecule has 0 spiro atoms. The van der Waals surface area contributed by atoms with Gasteiger partial charge in [-0.3, -0.25) is 4.79 Å². The highest BCUT2D eigenvalue weighted by molar-refractivity contribution is 7.89. The van der Waals surface area contributed by atoms with Crippen LogP contribution < -0.4 is 5.32 Å². The van der Waals surface area contributed by atoms with Gasteiger partial charge in [0.25, 0.3) is 0 Å². The number of aliphatic carboxylic acids is 1. The highest BCUT2D eigenvalue weighted by Gasteiger charge is 2.35. The topological polar surface area (TPSA) is 95.9 Å². The van der Waals surface area contributed by atoms with Crippen molar-refractivity contribution in [1.82, 2.24) is 4.31 Å². The number of sulfonamides is 1. The van der Waals surface area contributed by atoms with Gasteiger partial charge in [-0.15, -0.1) is 0 Å². The monoisotopic (exact) mass is 314 g/mol. The Kier molecular flexibility index (Phi) is 4.50. The number of hydrogen-bond donors (Lipinski definition) is 2. The molecule has 2 rings (SSSR count). The summed E-state index contributed by atoms with van der Waals surface area (Å²) in [4.78, 5) is 11.3. The van der Waals surface area contributed by atoms with Gasteiger partial charge in [0.05, 0.1) is 24.9 Å². The summed E-state index contributed by atoms with van der Waals surface area (Å²) in [7, 11) is -0.706. The number of carboxylic acid groups (broad SMARTS) is 1. The maximum Gasteiger partial charge on any atom is 0.311 e. The zero-order valence-corrected chi connectivity index (χ0v) is 12.6. The van der Waals surface area contributed by atoms with E-state index in [0.29, 0.717) is 5.69 Å². The molecule has 2 N–H and O–H groups in total. The molecule has 8 heteroatoms. The zero-order chi connectivity index (χ0) is 15.6. The molecular weight excluding hydrogens is 296 g/mol. The van der Waals surface area contributed by atoms with Crippen molar-refractivity contribution >= 4 is 21.7 Å². The minimum Gasteiger partial charge on any atom is -0.481 e. The predicted molar refractivity (Wildman–Crippen MR) is 76.7 cm³/mol. The summed E-state index contributed by atoms with van der Waals surface area (Å²) < 4.78 is 30.9. The average molecular weight is 314 g/mol. The molecule has 0 bridgehead atoms. The van der Waals surface area contributed by atoms with Crippen LogP contribution in [0.5, 0.6) is 0 Å². The smallest absolute Gasteiger partial charge is 0.311 e. The Morgan fingerprint density at radius 2 is 2.00 bits per heavy atom. The van der Waals surface area contributed by atoms with Gasteiger partial charge < -0.3 is 15.2 Å². The number of nitrogens with zero attached hydrogens (tertiary/aromatic N) is 1. The van der Waals surface area contributed by atoms with Gasteiger partial charge in [0, 0.05) is 14.1 Å². The van der Waals surface area contributed by atoms with Crippen LogP contribution >= 0.6 is 0 Å². The Balaban J connectivity index is 2.32. The minimum absolute atomic E-state index is 0.117. The quantitative estimate of drug-likeness (QED) is 0.819. The van der Waals surface area contributed by atoms with E-state index in [1.165, 1.54) is 20.2 Å². The number of anilines is 1. The van der Waals surface area contributed by atoms with E-state index in [-0.39, 0.29) is 18.1 Å². The second-order valence-corrected chi connectivity index (χ2v) is 7.14. The lowest BCUT2D eigenvalue weighted by Gasteiger charge is -2.21. The van der Waals surface area contributed by atoms with E-state index in [1.807, 2.05) is 0 Å². The Morgan fingerprint density at radius 1 is 1.33 bits per heavy atom. The highest BCUT2D eigenvalue weighted by Crippen LogP contribution is 2.26. The number of carboxylic acids is 1. The number of carbonyl (C=O) groups is 1. The van der Waals surface area contributed by atoms with E-state index in [4.69, 9.17) is 9.84 Å². The van der Waals surface area contributed by atoms with Crippen LogP contribution in [0.25, 0.3) is 0 Å². The standard InChI is InChI=1S/C13H18N2O5S/c1-15(2)21(18,19)12-6-4-3-5-10(12)14-11-8-20-7-9(11)13(16)17/h3-6,9,11,14H,7-8H2,1-2H3,(H,16,17). The maximum atomic E-state index is 12.3. The van der Waals surface area contributed by atoms with Crippen LogP contribution in [0.4, 0.5) is 5.69 Å². The van der Waals surface area contributed by atoms with Crippen molar-refractivity contribution in [2.45, 2.75) is 10.9 Å². The molecule has 1 saturated heterocycles. The lowest BCUT2D eigenvalue weighted by atomic mass is 10.0. The first-order valence-corrected chi connectivity index (χ1v) is 7.86. The summed E-state index contributed by atoms with van der Waals surface area (Å²) in [6.45, 7) is 0.350. The molecule has 1 aromatic rings. The van der Waals surface area contributed by atoms with E-state index in [2.05, 4.69) is 5.32 Å². The molecule has 2 unspecified atom stereocenters. The maximum absolute atomic E-state index is 12.3. The Bertz CT molecular complexity index is 629. The molecule has 0 radical (unpaired) electrons. The van der Waals surface area contributed by atoms with Crippen molar-refractivity contribution < 1.29 is 23.1 Å². The van der Waals surface area contributed by atoms with Crippen LogP contribution in [0, 0.1) is 5.92 Å². The van der Waals surface area contributed by atoms with Crippen molar-refractivity contribution in [3.63, 3.8) is 0 Å². The van der Waals surface area contributed by atoms with E-state index >= 15 is 0 Å². The molecule has 1 aromatic carbocycles. The number of hydrogen-bond acceptors (Lipinski definition) is 5. The Morgan fingerprint density at radius 3 is 2.62 bits per heavy atom. The molecule has 0 aromatic heterocycles. The van der Waals surface area contributed by atoms with Crippen LogP contribution in [0.3, 0.4) is 0 Å². The van der Waals surface area contributed by atoms with Crippen molar-refractivity contribution in [2.24, 2.45) is 5.92 Å². The molecule has 1 heterocycles. The molecule has 2 atom stereocenters. The first-order chi connectivity index (χ1) is 9.84. The van der Waals surface area contributed by atoms with Gasteiger partial charge in [0.15, 0.2) is 0 Å². The molecule has 0 aliphatic carbocycles. The Hall–Kier alpha value is -1.64. The lowest BCUT2D eigenvalue weighted by Crippen LogP contribution is -2.34. The molecule has 21 heavy (non-hydrogen) atoms. The third-order valence-electron chi connectivity index (χ3n) is 3.38. The fourth-order valence-corrected chi connectivity index (χ4v) is 3.20. The zero-order valence-electron chi connectivity index (χ0n) is 11.8. The number of benzene rings is 1.